The van der Waals surface area contributed by atoms with Crippen molar-refractivity contribution in [2.24, 2.45) is 0 Å². The van der Waals surface area contributed by atoms with E-state index in [2.05, 4.69) is 15.5 Å². The summed E-state index contributed by atoms with van der Waals surface area (Å²) in [5, 5.41) is 9.82. The van der Waals surface area contributed by atoms with Gasteiger partial charge >= 0.3 is 0 Å². The number of hydrogen-bond acceptors (Lipinski definition) is 3. The third-order valence-electron chi connectivity index (χ3n) is 3.20. The Bertz CT molecular complexity index is 585. The number of carbonyl (C=O) groups excluding carboxylic acids is 1. The van der Waals surface area contributed by atoms with Crippen LogP contribution in [-0.2, 0) is 11.2 Å². The molecule has 1 heterocycles. The predicted molar refractivity (Wildman–Crippen MR) is 78.0 cm³/mol. The summed E-state index contributed by atoms with van der Waals surface area (Å²) >= 11 is 0. The molecule has 0 radical (unpaired) electrons. The predicted octanol–water partition coefficient (Wildman–Crippen LogP) is 2.47. The number of amides is 1. The molecule has 1 aromatic carbocycles. The van der Waals surface area contributed by atoms with Gasteiger partial charge in [-0.05, 0) is 31.9 Å². The van der Waals surface area contributed by atoms with Crippen molar-refractivity contribution in [3.8, 4) is 0 Å². The second-order valence-corrected chi connectivity index (χ2v) is 4.66. The Labute approximate surface area is 118 Å². The summed E-state index contributed by atoms with van der Waals surface area (Å²) < 4.78 is 5.09. The van der Waals surface area contributed by atoms with Crippen LogP contribution in [0.5, 0.6) is 0 Å². The first-order valence-electron chi connectivity index (χ1n) is 6.53. The van der Waals surface area contributed by atoms with Gasteiger partial charge in [-0.2, -0.15) is 5.10 Å². The van der Waals surface area contributed by atoms with E-state index in [1.165, 1.54) is 0 Å². The lowest BCUT2D eigenvalue weighted by Gasteiger charge is -2.11. The van der Waals surface area contributed by atoms with Gasteiger partial charge in [0.2, 0.25) is 0 Å². The molecule has 2 rings (SSSR count). The molecule has 20 heavy (non-hydrogen) atoms. The highest BCUT2D eigenvalue weighted by molar-refractivity contribution is 6.06. The van der Waals surface area contributed by atoms with Crippen LogP contribution in [-0.4, -0.2) is 29.8 Å². The number of para-hydroxylation sites is 1. The Morgan fingerprint density at radius 1 is 1.35 bits per heavy atom. The Morgan fingerprint density at radius 3 is 2.75 bits per heavy atom. The third kappa shape index (κ3) is 3.05. The highest BCUT2D eigenvalue weighted by Gasteiger charge is 2.16. The third-order valence-corrected chi connectivity index (χ3v) is 3.20. The Hall–Kier alpha value is -2.14. The van der Waals surface area contributed by atoms with Crippen LogP contribution in [0, 0.1) is 13.8 Å². The number of methoxy groups -OCH3 is 1. The summed E-state index contributed by atoms with van der Waals surface area (Å²) in [5.41, 5.74) is 3.95. The van der Waals surface area contributed by atoms with E-state index in [1.54, 1.807) is 7.11 Å². The summed E-state index contributed by atoms with van der Waals surface area (Å²) in [4.78, 5) is 12.3. The molecule has 0 atom stereocenters. The highest BCUT2D eigenvalue weighted by atomic mass is 16.5. The van der Waals surface area contributed by atoms with E-state index in [0.29, 0.717) is 17.9 Å². The van der Waals surface area contributed by atoms with Crippen molar-refractivity contribution in [3.05, 3.63) is 46.8 Å². The van der Waals surface area contributed by atoms with Gasteiger partial charge in [-0.1, -0.05) is 18.2 Å². The van der Waals surface area contributed by atoms with Crippen molar-refractivity contribution < 1.29 is 9.53 Å². The SMILES string of the molecule is COCCc1ccccc1NC(=O)c1c(C)n[nH]c1C. The average molecular weight is 273 g/mol. The Morgan fingerprint density at radius 2 is 2.10 bits per heavy atom. The molecular formula is C15H19N3O2. The second kappa shape index (κ2) is 6.34. The summed E-state index contributed by atoms with van der Waals surface area (Å²) in [6.07, 6.45) is 0.760. The molecule has 5 nitrogen and oxygen atoms in total. The van der Waals surface area contributed by atoms with Crippen LogP contribution in [0.4, 0.5) is 5.69 Å². The van der Waals surface area contributed by atoms with E-state index in [0.717, 1.165) is 23.4 Å². The van der Waals surface area contributed by atoms with Gasteiger partial charge in [0.15, 0.2) is 0 Å². The van der Waals surface area contributed by atoms with Gasteiger partial charge in [0.1, 0.15) is 0 Å². The summed E-state index contributed by atoms with van der Waals surface area (Å²) in [7, 11) is 1.67. The van der Waals surface area contributed by atoms with E-state index in [-0.39, 0.29) is 5.91 Å². The lowest BCUT2D eigenvalue weighted by atomic mass is 10.1. The first kappa shape index (κ1) is 14.3. The zero-order valence-electron chi connectivity index (χ0n) is 12.0. The van der Waals surface area contributed by atoms with Gasteiger partial charge in [-0.3, -0.25) is 9.89 Å². The number of aromatic nitrogens is 2. The van der Waals surface area contributed by atoms with Gasteiger partial charge in [0, 0.05) is 18.5 Å². The minimum atomic E-state index is -0.140. The number of benzene rings is 1. The molecule has 5 heteroatoms. The first-order chi connectivity index (χ1) is 9.63. The molecule has 0 aliphatic heterocycles. The number of nitrogens with zero attached hydrogens (tertiary/aromatic N) is 1. The fraction of sp³-hybridized carbons (Fsp3) is 0.333. The van der Waals surface area contributed by atoms with Crippen molar-refractivity contribution in [3.63, 3.8) is 0 Å². The number of hydrogen-bond donors (Lipinski definition) is 2. The zero-order chi connectivity index (χ0) is 14.5. The normalized spacial score (nSPS) is 10.6. The zero-order valence-corrected chi connectivity index (χ0v) is 12.0. The lowest BCUT2D eigenvalue weighted by molar-refractivity contribution is 0.102. The van der Waals surface area contributed by atoms with Crippen LogP contribution in [0.1, 0.15) is 27.3 Å². The van der Waals surface area contributed by atoms with Gasteiger partial charge < -0.3 is 10.1 Å². The number of anilines is 1. The topological polar surface area (TPSA) is 67.0 Å². The lowest BCUT2D eigenvalue weighted by Crippen LogP contribution is -2.15. The highest BCUT2D eigenvalue weighted by Crippen LogP contribution is 2.18. The summed E-state index contributed by atoms with van der Waals surface area (Å²) in [6, 6.07) is 7.74. The summed E-state index contributed by atoms with van der Waals surface area (Å²) in [5.74, 6) is -0.140. The van der Waals surface area contributed by atoms with Crippen LogP contribution in [0.3, 0.4) is 0 Å². The van der Waals surface area contributed by atoms with E-state index in [1.807, 2.05) is 38.1 Å². The maximum Gasteiger partial charge on any atom is 0.259 e. The largest absolute Gasteiger partial charge is 0.384 e. The van der Waals surface area contributed by atoms with Gasteiger partial charge in [0.05, 0.1) is 17.9 Å². The molecule has 0 fully saturated rings. The van der Waals surface area contributed by atoms with E-state index < -0.39 is 0 Å². The molecule has 106 valence electrons. The van der Waals surface area contributed by atoms with Crippen molar-refractivity contribution in [1.29, 1.82) is 0 Å². The minimum Gasteiger partial charge on any atom is -0.384 e. The number of H-pyrrole nitrogens is 1. The Kier molecular flexibility index (Phi) is 4.53. The van der Waals surface area contributed by atoms with Crippen molar-refractivity contribution in [2.45, 2.75) is 20.3 Å². The maximum atomic E-state index is 12.3. The van der Waals surface area contributed by atoms with E-state index in [9.17, 15) is 4.79 Å². The van der Waals surface area contributed by atoms with Gasteiger partial charge in [-0.15, -0.1) is 0 Å². The van der Waals surface area contributed by atoms with Crippen LogP contribution < -0.4 is 5.32 Å². The van der Waals surface area contributed by atoms with E-state index in [4.69, 9.17) is 4.74 Å². The second-order valence-electron chi connectivity index (χ2n) is 4.66. The van der Waals surface area contributed by atoms with Crippen LogP contribution >= 0.6 is 0 Å². The van der Waals surface area contributed by atoms with Crippen molar-refractivity contribution in [2.75, 3.05) is 19.0 Å². The minimum absolute atomic E-state index is 0.140. The molecule has 1 amide bonds. The van der Waals surface area contributed by atoms with Gasteiger partial charge in [0.25, 0.3) is 5.91 Å². The average Bonchev–Trinajstić information content (AvgIpc) is 2.77. The standard InChI is InChI=1S/C15H19N3O2/c1-10-14(11(2)18-17-10)15(19)16-13-7-5-4-6-12(13)8-9-20-3/h4-7H,8-9H2,1-3H3,(H,16,19)(H,17,18). The molecule has 0 aliphatic rings. The van der Waals surface area contributed by atoms with Crippen LogP contribution in [0.25, 0.3) is 0 Å². The Balaban J connectivity index is 2.20. The van der Waals surface area contributed by atoms with Crippen LogP contribution in [0.15, 0.2) is 24.3 Å². The fourth-order valence-corrected chi connectivity index (χ4v) is 2.14. The maximum absolute atomic E-state index is 12.3. The molecule has 0 spiro atoms. The molecule has 0 bridgehead atoms. The van der Waals surface area contributed by atoms with Crippen molar-refractivity contribution in [1.82, 2.24) is 10.2 Å². The molecule has 0 aliphatic carbocycles. The molecule has 1 aromatic heterocycles. The monoisotopic (exact) mass is 273 g/mol. The molecule has 2 N–H and O–H groups in total. The first-order valence-corrected chi connectivity index (χ1v) is 6.53. The number of aryl methyl sites for hydroxylation is 2. The van der Waals surface area contributed by atoms with Gasteiger partial charge in [-0.25, -0.2) is 0 Å². The van der Waals surface area contributed by atoms with Crippen molar-refractivity contribution >= 4 is 11.6 Å². The molecule has 0 saturated carbocycles. The number of carbonyl (C=O) groups is 1. The molecular weight excluding hydrogens is 254 g/mol. The van der Waals surface area contributed by atoms with E-state index >= 15 is 0 Å². The number of rotatable bonds is 5. The molecule has 0 saturated heterocycles. The number of aromatic amines is 1. The number of ether oxygens (including phenoxy) is 1. The quantitative estimate of drug-likeness (QED) is 0.879. The molecule has 0 unspecified atom stereocenters. The van der Waals surface area contributed by atoms with Crippen LogP contribution in [0.2, 0.25) is 0 Å². The molecule has 2 aromatic rings. The smallest absolute Gasteiger partial charge is 0.259 e. The summed E-state index contributed by atoms with van der Waals surface area (Å²) in [6.45, 7) is 4.28. The fourth-order valence-electron chi connectivity index (χ4n) is 2.14. The number of nitrogens with one attached hydrogen (secondary N) is 2.